The highest BCUT2D eigenvalue weighted by atomic mass is 32.1. The zero-order chi connectivity index (χ0) is 33.5. The molecule has 4 heterocycles. The van der Waals surface area contributed by atoms with Crippen LogP contribution in [0.15, 0.2) is 158 Å². The summed E-state index contributed by atoms with van der Waals surface area (Å²) in [5, 5.41) is 4.89. The number of benzene rings is 7. The molecule has 1 aliphatic rings. The maximum Gasteiger partial charge on any atom is 0.164 e. The molecule has 0 amide bonds. The number of hydrogen-bond donors (Lipinski definition) is 0. The van der Waals surface area contributed by atoms with Crippen molar-refractivity contribution in [2.45, 2.75) is 0 Å². The number of ether oxygens (including phenoxy) is 1. The molecule has 0 atom stereocenters. The average Bonchev–Trinajstić information content (AvgIpc) is 3.74. The average molecular weight is 671 g/mol. The van der Waals surface area contributed by atoms with Crippen molar-refractivity contribution in [2.75, 3.05) is 0 Å². The zero-order valence-electron chi connectivity index (χ0n) is 27.1. The van der Waals surface area contributed by atoms with E-state index in [1.165, 1.54) is 47.6 Å². The molecule has 5 nitrogen and oxygen atoms in total. The van der Waals surface area contributed by atoms with Gasteiger partial charge in [-0.05, 0) is 53.6 Å². The Kier molecular flexibility index (Phi) is 6.05. The van der Waals surface area contributed by atoms with Crippen LogP contribution in [0.4, 0.5) is 0 Å². The fourth-order valence-electron chi connectivity index (χ4n) is 7.43. The van der Waals surface area contributed by atoms with Gasteiger partial charge in [-0.25, -0.2) is 15.0 Å². The lowest BCUT2D eigenvalue weighted by atomic mass is 10.0. The van der Waals surface area contributed by atoms with E-state index in [0.29, 0.717) is 17.5 Å². The van der Waals surface area contributed by atoms with E-state index in [1.54, 1.807) is 11.3 Å². The number of nitrogens with zero attached hydrogens (tertiary/aromatic N) is 4. The number of rotatable bonds is 4. The summed E-state index contributed by atoms with van der Waals surface area (Å²) in [6, 6.07) is 55.0. The highest BCUT2D eigenvalue weighted by Crippen LogP contribution is 2.46. The molecule has 10 aromatic rings. The zero-order valence-corrected chi connectivity index (χ0v) is 27.9. The van der Waals surface area contributed by atoms with Gasteiger partial charge in [0, 0.05) is 47.6 Å². The van der Waals surface area contributed by atoms with Crippen LogP contribution in [-0.4, -0.2) is 19.5 Å². The van der Waals surface area contributed by atoms with E-state index in [2.05, 4.69) is 89.5 Å². The van der Waals surface area contributed by atoms with Crippen molar-refractivity contribution in [3.63, 3.8) is 0 Å². The highest BCUT2D eigenvalue weighted by Gasteiger charge is 2.23. The second-order valence-corrected chi connectivity index (χ2v) is 13.9. The molecule has 0 saturated carbocycles. The molecule has 0 saturated heterocycles. The first-order chi connectivity index (χ1) is 25.2. The Bertz CT molecular complexity index is 2940. The number of fused-ring (bicyclic) bond motifs is 8. The maximum absolute atomic E-state index is 6.33. The predicted molar refractivity (Wildman–Crippen MR) is 209 cm³/mol. The molecule has 0 radical (unpaired) electrons. The van der Waals surface area contributed by atoms with Gasteiger partial charge in [0.15, 0.2) is 29.0 Å². The molecule has 11 rings (SSSR count). The van der Waals surface area contributed by atoms with Crippen LogP contribution in [-0.2, 0) is 0 Å². The topological polar surface area (TPSA) is 52.8 Å². The first-order valence-electron chi connectivity index (χ1n) is 16.9. The van der Waals surface area contributed by atoms with Crippen LogP contribution >= 0.6 is 11.3 Å². The molecule has 7 aromatic carbocycles. The third kappa shape index (κ3) is 4.43. The van der Waals surface area contributed by atoms with E-state index in [9.17, 15) is 0 Å². The summed E-state index contributed by atoms with van der Waals surface area (Å²) in [6.07, 6.45) is 0. The molecule has 0 unspecified atom stereocenters. The molecular formula is C45H26N4OS. The van der Waals surface area contributed by atoms with Gasteiger partial charge in [0.25, 0.3) is 0 Å². The highest BCUT2D eigenvalue weighted by molar-refractivity contribution is 7.25. The lowest BCUT2D eigenvalue weighted by Gasteiger charge is -2.20. The quantitative estimate of drug-likeness (QED) is 0.187. The number of para-hydroxylation sites is 3. The van der Waals surface area contributed by atoms with Crippen LogP contribution in [0.2, 0.25) is 0 Å². The minimum Gasteiger partial charge on any atom is -0.453 e. The van der Waals surface area contributed by atoms with E-state index in [-0.39, 0.29) is 0 Å². The number of aromatic nitrogens is 4. The van der Waals surface area contributed by atoms with Crippen LogP contribution in [0, 0.1) is 0 Å². The van der Waals surface area contributed by atoms with Crippen molar-refractivity contribution in [3.8, 4) is 62.5 Å². The molecule has 0 spiro atoms. The maximum atomic E-state index is 6.33. The van der Waals surface area contributed by atoms with E-state index < -0.39 is 0 Å². The normalized spacial score (nSPS) is 12.1. The number of hydrogen-bond acceptors (Lipinski definition) is 5. The molecule has 51 heavy (non-hydrogen) atoms. The fourth-order valence-corrected chi connectivity index (χ4v) is 8.61. The van der Waals surface area contributed by atoms with Gasteiger partial charge >= 0.3 is 0 Å². The summed E-state index contributed by atoms with van der Waals surface area (Å²) >= 11 is 1.81. The lowest BCUT2D eigenvalue weighted by molar-refractivity contribution is 0.476. The fraction of sp³-hybridized carbons (Fsp3) is 0. The van der Waals surface area contributed by atoms with Crippen molar-refractivity contribution < 1.29 is 4.74 Å². The summed E-state index contributed by atoms with van der Waals surface area (Å²) < 4.78 is 11.1. The predicted octanol–water partition coefficient (Wildman–Crippen LogP) is 12.1. The molecule has 0 bridgehead atoms. The van der Waals surface area contributed by atoms with Crippen LogP contribution in [0.1, 0.15) is 0 Å². The van der Waals surface area contributed by atoms with Gasteiger partial charge in [-0.15, -0.1) is 11.3 Å². The van der Waals surface area contributed by atoms with Crippen LogP contribution in [0.3, 0.4) is 0 Å². The van der Waals surface area contributed by atoms with Crippen molar-refractivity contribution in [3.05, 3.63) is 158 Å². The van der Waals surface area contributed by atoms with Gasteiger partial charge in [0.1, 0.15) is 0 Å². The van der Waals surface area contributed by atoms with Crippen molar-refractivity contribution in [2.24, 2.45) is 0 Å². The van der Waals surface area contributed by atoms with Crippen LogP contribution in [0.5, 0.6) is 11.5 Å². The summed E-state index contributed by atoms with van der Waals surface area (Å²) in [7, 11) is 0. The Balaban J connectivity index is 1.02. The third-order valence-electron chi connectivity index (χ3n) is 9.84. The standard InChI is InChI=1S/C45H26N4OS/c1-3-10-27(11-4-1)43-46-44(28-12-5-2-6-13-28)48-45(47-43)31-19-22-33-32-21-18-30(25-40(32)51-41(33)26-31)29-20-23-36-35(24-29)34-14-9-17-39-42(34)49(36)37-15-7-8-16-38(37)50-39/h1-26H. The van der Waals surface area contributed by atoms with Crippen molar-refractivity contribution in [1.82, 2.24) is 19.5 Å². The van der Waals surface area contributed by atoms with Crippen LogP contribution in [0.25, 0.3) is 93.0 Å². The monoisotopic (exact) mass is 670 g/mol. The lowest BCUT2D eigenvalue weighted by Crippen LogP contribution is -2.03. The van der Waals surface area contributed by atoms with Gasteiger partial charge in [-0.1, -0.05) is 115 Å². The summed E-state index contributed by atoms with van der Waals surface area (Å²) in [5.74, 6) is 3.75. The Morgan fingerprint density at radius 1 is 0.412 bits per heavy atom. The molecule has 1 aliphatic heterocycles. The molecule has 238 valence electrons. The Hall–Kier alpha value is -6.63. The smallest absolute Gasteiger partial charge is 0.164 e. The van der Waals surface area contributed by atoms with Gasteiger partial charge in [0.2, 0.25) is 0 Å². The van der Waals surface area contributed by atoms with E-state index >= 15 is 0 Å². The molecule has 3 aromatic heterocycles. The summed E-state index contributed by atoms with van der Waals surface area (Å²) in [4.78, 5) is 14.8. The van der Waals surface area contributed by atoms with Gasteiger partial charge < -0.3 is 9.30 Å². The molecule has 0 fully saturated rings. The molecule has 0 aliphatic carbocycles. The van der Waals surface area contributed by atoms with Gasteiger partial charge in [-0.2, -0.15) is 0 Å². The first kappa shape index (κ1) is 28.2. The second kappa shape index (κ2) is 10.9. The summed E-state index contributed by atoms with van der Waals surface area (Å²) in [5.41, 5.74) is 8.63. The molecular weight excluding hydrogens is 645 g/mol. The van der Waals surface area contributed by atoms with Crippen molar-refractivity contribution in [1.29, 1.82) is 0 Å². The van der Waals surface area contributed by atoms with E-state index in [0.717, 1.165) is 39.4 Å². The van der Waals surface area contributed by atoms with E-state index in [1.807, 2.05) is 72.8 Å². The largest absolute Gasteiger partial charge is 0.453 e. The van der Waals surface area contributed by atoms with Gasteiger partial charge in [-0.3, -0.25) is 0 Å². The minimum absolute atomic E-state index is 0.662. The SMILES string of the molecule is c1ccc(-c2nc(-c3ccccc3)nc(-c3ccc4c(c3)sc3cc(-c5ccc6c(c5)c5cccc7c5n6-c5ccccc5O7)ccc34)n2)cc1. The Morgan fingerprint density at radius 3 is 1.71 bits per heavy atom. The van der Waals surface area contributed by atoms with E-state index in [4.69, 9.17) is 19.7 Å². The van der Waals surface area contributed by atoms with Crippen LogP contribution < -0.4 is 4.74 Å². The van der Waals surface area contributed by atoms with Crippen molar-refractivity contribution >= 4 is 53.3 Å². The molecule has 6 heteroatoms. The third-order valence-corrected chi connectivity index (χ3v) is 11.0. The minimum atomic E-state index is 0.662. The summed E-state index contributed by atoms with van der Waals surface area (Å²) in [6.45, 7) is 0. The first-order valence-corrected chi connectivity index (χ1v) is 17.8. The molecule has 0 N–H and O–H groups in total. The second-order valence-electron chi connectivity index (χ2n) is 12.9. The Labute approximate surface area is 296 Å². The Morgan fingerprint density at radius 2 is 0.980 bits per heavy atom. The number of thiophene rings is 1. The van der Waals surface area contributed by atoms with Gasteiger partial charge in [0.05, 0.1) is 16.7 Å².